The van der Waals surface area contributed by atoms with Crippen LogP contribution < -0.4 is 4.74 Å². The van der Waals surface area contributed by atoms with Crippen molar-refractivity contribution < 1.29 is 29.0 Å². The Morgan fingerprint density at radius 1 is 1.40 bits per heavy atom. The second-order valence-corrected chi connectivity index (χ2v) is 7.20. The van der Waals surface area contributed by atoms with Crippen LogP contribution in [0.25, 0.3) is 6.08 Å². The van der Waals surface area contributed by atoms with Crippen LogP contribution in [0.1, 0.15) is 19.4 Å². The van der Waals surface area contributed by atoms with Gasteiger partial charge in [-0.05, 0) is 49.4 Å². The maximum Gasteiger partial charge on any atom is 0.326 e. The number of amides is 2. The Morgan fingerprint density at radius 3 is 2.68 bits per heavy atom. The van der Waals surface area contributed by atoms with Gasteiger partial charge in [-0.15, -0.1) is 0 Å². The van der Waals surface area contributed by atoms with Crippen LogP contribution in [0.4, 0.5) is 4.79 Å². The van der Waals surface area contributed by atoms with Gasteiger partial charge < -0.3 is 14.6 Å². The SMILES string of the molecule is COc1cc(/C=C2\SC(=O)N(CC(=O)OC(C)C)C2=O)c(Br)cc1O. The summed E-state index contributed by atoms with van der Waals surface area (Å²) < 4.78 is 10.5. The summed E-state index contributed by atoms with van der Waals surface area (Å²) in [5.74, 6) is -1.05. The molecule has 134 valence electrons. The standard InChI is InChI=1S/C16H16BrNO6S/c1-8(2)24-14(20)7-18-15(21)13(25-16(18)22)5-9-4-12(23-3)11(19)6-10(9)17/h4-6,8,19H,7H2,1-3H3/b13-5-. The molecule has 1 saturated heterocycles. The molecule has 1 aliphatic rings. The van der Waals surface area contributed by atoms with Crippen LogP contribution in [0.15, 0.2) is 21.5 Å². The highest BCUT2D eigenvalue weighted by Crippen LogP contribution is 2.37. The monoisotopic (exact) mass is 429 g/mol. The number of aromatic hydroxyl groups is 1. The van der Waals surface area contributed by atoms with Crippen LogP contribution in [-0.4, -0.2) is 46.9 Å². The van der Waals surface area contributed by atoms with Gasteiger partial charge in [-0.25, -0.2) is 0 Å². The van der Waals surface area contributed by atoms with E-state index < -0.39 is 23.7 Å². The second-order valence-electron chi connectivity index (χ2n) is 5.35. The van der Waals surface area contributed by atoms with Gasteiger partial charge in [-0.1, -0.05) is 15.9 Å². The van der Waals surface area contributed by atoms with E-state index in [9.17, 15) is 19.5 Å². The molecule has 2 rings (SSSR count). The van der Waals surface area contributed by atoms with E-state index >= 15 is 0 Å². The third-order valence-corrected chi connectivity index (χ3v) is 4.71. The zero-order chi connectivity index (χ0) is 18.7. The predicted molar refractivity (Wildman–Crippen MR) is 96.3 cm³/mol. The first-order valence-electron chi connectivity index (χ1n) is 7.24. The van der Waals surface area contributed by atoms with Gasteiger partial charge >= 0.3 is 5.97 Å². The first-order chi connectivity index (χ1) is 11.7. The lowest BCUT2D eigenvalue weighted by molar-refractivity contribution is -0.149. The number of halogens is 1. The number of imide groups is 1. The lowest BCUT2D eigenvalue weighted by atomic mass is 10.2. The van der Waals surface area contributed by atoms with E-state index in [1.54, 1.807) is 13.8 Å². The third-order valence-electron chi connectivity index (χ3n) is 3.11. The topological polar surface area (TPSA) is 93.1 Å². The molecule has 1 aromatic rings. The second kappa shape index (κ2) is 7.92. The van der Waals surface area contributed by atoms with Gasteiger partial charge in [0, 0.05) is 4.47 Å². The number of nitrogens with zero attached hydrogens (tertiary/aromatic N) is 1. The molecule has 0 radical (unpaired) electrons. The number of thioether (sulfide) groups is 1. The zero-order valence-electron chi connectivity index (χ0n) is 13.7. The molecule has 1 N–H and O–H groups in total. The number of hydrogen-bond donors (Lipinski definition) is 1. The molecule has 0 bridgehead atoms. The Morgan fingerprint density at radius 2 is 2.08 bits per heavy atom. The largest absolute Gasteiger partial charge is 0.504 e. The third kappa shape index (κ3) is 4.55. The van der Waals surface area contributed by atoms with Crippen LogP contribution >= 0.6 is 27.7 Å². The van der Waals surface area contributed by atoms with Crippen molar-refractivity contribution >= 4 is 50.9 Å². The molecule has 0 saturated carbocycles. The van der Waals surface area contributed by atoms with E-state index in [1.165, 1.54) is 25.3 Å². The van der Waals surface area contributed by atoms with Crippen LogP contribution in [0.2, 0.25) is 0 Å². The normalized spacial score (nSPS) is 16.0. The Bertz CT molecular complexity index is 761. The van der Waals surface area contributed by atoms with Crippen molar-refractivity contribution in [2.45, 2.75) is 20.0 Å². The molecule has 25 heavy (non-hydrogen) atoms. The molecule has 0 atom stereocenters. The van der Waals surface area contributed by atoms with Gasteiger partial charge in [0.15, 0.2) is 11.5 Å². The highest BCUT2D eigenvalue weighted by atomic mass is 79.9. The Labute approximate surface area is 157 Å². The average Bonchev–Trinajstić information content (AvgIpc) is 2.76. The molecule has 1 fully saturated rings. The quantitative estimate of drug-likeness (QED) is 0.567. The maximum absolute atomic E-state index is 12.4. The Kier molecular flexibility index (Phi) is 6.12. The summed E-state index contributed by atoms with van der Waals surface area (Å²) in [6, 6.07) is 2.95. The first-order valence-corrected chi connectivity index (χ1v) is 8.85. The fraction of sp³-hybridized carbons (Fsp3) is 0.312. The van der Waals surface area contributed by atoms with Gasteiger partial charge in [-0.3, -0.25) is 19.3 Å². The van der Waals surface area contributed by atoms with Crippen LogP contribution in [0.3, 0.4) is 0 Å². The van der Waals surface area contributed by atoms with E-state index in [4.69, 9.17) is 9.47 Å². The number of rotatable bonds is 5. The minimum atomic E-state index is -0.647. The summed E-state index contributed by atoms with van der Waals surface area (Å²) in [5.41, 5.74) is 0.546. The maximum atomic E-state index is 12.4. The van der Waals surface area contributed by atoms with Crippen molar-refractivity contribution in [2.24, 2.45) is 0 Å². The van der Waals surface area contributed by atoms with Gasteiger partial charge in [0.05, 0.1) is 18.1 Å². The van der Waals surface area contributed by atoms with Crippen molar-refractivity contribution in [2.75, 3.05) is 13.7 Å². The molecular formula is C16H16BrNO6S. The summed E-state index contributed by atoms with van der Waals surface area (Å²) in [4.78, 5) is 37.1. The summed E-state index contributed by atoms with van der Waals surface area (Å²) >= 11 is 4.01. The molecule has 1 aromatic carbocycles. The van der Waals surface area contributed by atoms with Crippen molar-refractivity contribution in [1.29, 1.82) is 0 Å². The molecule has 0 aromatic heterocycles. The minimum absolute atomic E-state index is 0.0592. The smallest absolute Gasteiger partial charge is 0.326 e. The number of esters is 1. The highest BCUT2D eigenvalue weighted by Gasteiger charge is 2.37. The molecule has 2 amide bonds. The van der Waals surface area contributed by atoms with Gasteiger partial charge in [0.25, 0.3) is 11.1 Å². The number of ether oxygens (including phenoxy) is 2. The first kappa shape index (κ1) is 19.3. The molecule has 7 nitrogen and oxygen atoms in total. The predicted octanol–water partition coefficient (Wildman–Crippen LogP) is 3.15. The molecule has 0 spiro atoms. The Balaban J connectivity index is 2.24. The number of methoxy groups -OCH3 is 1. The highest BCUT2D eigenvalue weighted by molar-refractivity contribution is 9.10. The number of benzene rings is 1. The zero-order valence-corrected chi connectivity index (χ0v) is 16.1. The van der Waals surface area contributed by atoms with E-state index in [2.05, 4.69) is 15.9 Å². The molecule has 0 aliphatic carbocycles. The van der Waals surface area contributed by atoms with E-state index in [0.717, 1.165) is 16.7 Å². The number of carbonyl (C=O) groups excluding carboxylic acids is 3. The van der Waals surface area contributed by atoms with Gasteiger partial charge in [0.2, 0.25) is 0 Å². The van der Waals surface area contributed by atoms with E-state index in [0.29, 0.717) is 10.0 Å². The van der Waals surface area contributed by atoms with Crippen LogP contribution in [-0.2, 0) is 14.3 Å². The number of carbonyl (C=O) groups is 3. The van der Waals surface area contributed by atoms with Crippen molar-refractivity contribution in [3.8, 4) is 11.5 Å². The van der Waals surface area contributed by atoms with Crippen molar-refractivity contribution in [3.63, 3.8) is 0 Å². The lowest BCUT2D eigenvalue weighted by Gasteiger charge is -2.13. The minimum Gasteiger partial charge on any atom is -0.504 e. The number of phenolic OH excluding ortho intramolecular Hbond substituents is 1. The fourth-order valence-corrected chi connectivity index (χ4v) is 3.31. The van der Waals surface area contributed by atoms with E-state index in [1.807, 2.05) is 0 Å². The average molecular weight is 430 g/mol. The van der Waals surface area contributed by atoms with Crippen molar-refractivity contribution in [1.82, 2.24) is 4.90 Å². The van der Waals surface area contributed by atoms with Crippen LogP contribution in [0.5, 0.6) is 11.5 Å². The number of phenols is 1. The summed E-state index contributed by atoms with van der Waals surface area (Å²) in [6.07, 6.45) is 1.16. The van der Waals surface area contributed by atoms with Crippen LogP contribution in [0, 0.1) is 0 Å². The molecule has 1 aliphatic heterocycles. The van der Waals surface area contributed by atoms with Crippen molar-refractivity contribution in [3.05, 3.63) is 27.1 Å². The lowest BCUT2D eigenvalue weighted by Crippen LogP contribution is -2.35. The summed E-state index contributed by atoms with van der Waals surface area (Å²) in [7, 11) is 1.40. The fourth-order valence-electron chi connectivity index (χ4n) is 2.04. The molecule has 9 heteroatoms. The molecule has 1 heterocycles. The van der Waals surface area contributed by atoms with Gasteiger partial charge in [0.1, 0.15) is 6.54 Å². The summed E-state index contributed by atoms with van der Waals surface area (Å²) in [6.45, 7) is 2.93. The molecular weight excluding hydrogens is 414 g/mol. The van der Waals surface area contributed by atoms with Gasteiger partial charge in [-0.2, -0.15) is 0 Å². The summed E-state index contributed by atoms with van der Waals surface area (Å²) in [5, 5.41) is 9.18. The Hall–Kier alpha value is -2.00. The molecule has 0 unspecified atom stereocenters. The van der Waals surface area contributed by atoms with E-state index in [-0.39, 0.29) is 22.5 Å². The number of hydrogen-bond acceptors (Lipinski definition) is 7.